The first-order chi connectivity index (χ1) is 6.70. The van der Waals surface area contributed by atoms with Gasteiger partial charge in [0, 0.05) is 5.19 Å². The molecule has 84 valence electrons. The van der Waals surface area contributed by atoms with E-state index in [9.17, 15) is 13.2 Å². The first-order valence-electron chi connectivity index (χ1n) is 3.93. The first-order valence-corrected chi connectivity index (χ1v) is 8.45. The van der Waals surface area contributed by atoms with Gasteiger partial charge in [-0.2, -0.15) is 0 Å². The van der Waals surface area contributed by atoms with Gasteiger partial charge in [-0.15, -0.1) is 35.3 Å². The number of halogens is 5. The molecule has 7 heteroatoms. The highest BCUT2D eigenvalue weighted by Crippen LogP contribution is 2.25. The van der Waals surface area contributed by atoms with Crippen LogP contribution in [0.1, 0.15) is 0 Å². The minimum absolute atomic E-state index is 0.214. The molecule has 0 amide bonds. The lowest BCUT2D eigenvalue weighted by Crippen LogP contribution is -2.35. The zero-order valence-corrected chi connectivity index (χ0v) is 10.1. The Balaban J connectivity index is 3.08. The van der Waals surface area contributed by atoms with Crippen LogP contribution in [0.15, 0.2) is 24.3 Å². The fourth-order valence-electron chi connectivity index (χ4n) is 1.04. The Morgan fingerprint density at radius 1 is 1.20 bits per heavy atom. The molecule has 0 aliphatic rings. The van der Waals surface area contributed by atoms with Gasteiger partial charge in [-0.25, -0.2) is 0 Å². The standard InChI is InChI=1S/C8H7Cl2F3OSi/c1-15(9,10)7-5-3-2-4-6(7)14-8(11,12)13/h2-5H,1H3. The van der Waals surface area contributed by atoms with E-state index in [1.165, 1.54) is 24.7 Å². The average molecular weight is 275 g/mol. The number of hydrogen-bond acceptors (Lipinski definition) is 1. The Bertz CT molecular complexity index is 348. The molecule has 1 aromatic carbocycles. The molecule has 0 aromatic heterocycles. The summed E-state index contributed by atoms with van der Waals surface area (Å²) in [6.07, 6.45) is -4.73. The SMILES string of the molecule is C[Si](Cl)(Cl)c1ccccc1OC(F)(F)F. The van der Waals surface area contributed by atoms with Gasteiger partial charge < -0.3 is 4.74 Å². The normalized spacial score (nSPS) is 12.7. The minimum Gasteiger partial charge on any atom is -0.406 e. The summed E-state index contributed by atoms with van der Waals surface area (Å²) >= 11 is 11.7. The van der Waals surface area contributed by atoms with Crippen molar-refractivity contribution >= 4 is 34.0 Å². The van der Waals surface area contributed by atoms with Gasteiger partial charge in [0.15, 0.2) is 0 Å². The number of hydrogen-bond donors (Lipinski definition) is 0. The van der Waals surface area contributed by atoms with E-state index in [0.29, 0.717) is 0 Å². The lowest BCUT2D eigenvalue weighted by molar-refractivity contribution is -0.274. The summed E-state index contributed by atoms with van der Waals surface area (Å²) in [7, 11) is 0. The molecule has 0 spiro atoms. The number of ether oxygens (including phenoxy) is 1. The van der Waals surface area contributed by atoms with Gasteiger partial charge in [-0.05, 0) is 12.6 Å². The van der Waals surface area contributed by atoms with Crippen LogP contribution < -0.4 is 9.92 Å². The van der Waals surface area contributed by atoms with Crippen LogP contribution in [0.2, 0.25) is 6.55 Å². The fraction of sp³-hybridized carbons (Fsp3) is 0.250. The van der Waals surface area contributed by atoms with Crippen molar-refractivity contribution in [3.8, 4) is 5.75 Å². The number of alkyl halides is 3. The van der Waals surface area contributed by atoms with E-state index >= 15 is 0 Å². The van der Waals surface area contributed by atoms with Gasteiger partial charge in [0.25, 0.3) is 6.69 Å². The van der Waals surface area contributed by atoms with E-state index < -0.39 is 13.1 Å². The fourth-order valence-corrected chi connectivity index (χ4v) is 2.94. The molecular formula is C8H7Cl2F3OSi. The average Bonchev–Trinajstić information content (AvgIpc) is 1.99. The topological polar surface area (TPSA) is 9.23 Å². The van der Waals surface area contributed by atoms with Crippen LogP contribution in [0.3, 0.4) is 0 Å². The quantitative estimate of drug-likeness (QED) is 0.594. The third-order valence-corrected chi connectivity index (χ3v) is 4.17. The molecule has 0 unspecified atom stereocenters. The lowest BCUT2D eigenvalue weighted by atomic mass is 10.3. The van der Waals surface area contributed by atoms with Gasteiger partial charge in [-0.1, -0.05) is 18.2 Å². The molecule has 1 aromatic rings. The minimum atomic E-state index is -4.73. The number of benzene rings is 1. The van der Waals surface area contributed by atoms with Crippen LogP contribution >= 0.6 is 22.2 Å². The second-order valence-electron chi connectivity index (χ2n) is 2.93. The van der Waals surface area contributed by atoms with Crippen molar-refractivity contribution in [1.82, 2.24) is 0 Å². The molecule has 15 heavy (non-hydrogen) atoms. The van der Waals surface area contributed by atoms with E-state index in [2.05, 4.69) is 4.74 Å². The van der Waals surface area contributed by atoms with E-state index in [-0.39, 0.29) is 10.9 Å². The van der Waals surface area contributed by atoms with Crippen molar-refractivity contribution in [3.05, 3.63) is 24.3 Å². The summed E-state index contributed by atoms with van der Waals surface area (Å²) in [4.78, 5) is 0. The second-order valence-corrected chi connectivity index (χ2v) is 10.4. The van der Waals surface area contributed by atoms with Crippen molar-refractivity contribution in [2.24, 2.45) is 0 Å². The molecule has 0 saturated carbocycles. The van der Waals surface area contributed by atoms with Crippen molar-refractivity contribution < 1.29 is 17.9 Å². The smallest absolute Gasteiger partial charge is 0.406 e. The zero-order chi connectivity index (χ0) is 11.7. The summed E-state index contributed by atoms with van der Waals surface area (Å²) < 4.78 is 39.9. The highest BCUT2D eigenvalue weighted by atomic mass is 35.7. The predicted molar refractivity (Wildman–Crippen MR) is 56.1 cm³/mol. The Morgan fingerprint density at radius 3 is 2.20 bits per heavy atom. The molecule has 0 saturated heterocycles. The summed E-state index contributed by atoms with van der Waals surface area (Å²) in [5.41, 5.74) is 0. The third-order valence-electron chi connectivity index (χ3n) is 1.59. The van der Waals surface area contributed by atoms with Crippen LogP contribution in [0.4, 0.5) is 13.2 Å². The number of rotatable bonds is 2. The molecule has 1 rings (SSSR count). The maximum atomic E-state index is 12.0. The summed E-state index contributed by atoms with van der Waals surface area (Å²) in [6.45, 7) is -1.35. The van der Waals surface area contributed by atoms with Crippen molar-refractivity contribution in [3.63, 3.8) is 0 Å². The van der Waals surface area contributed by atoms with Gasteiger partial charge in [0.2, 0.25) is 0 Å². The summed E-state index contributed by atoms with van der Waals surface area (Å²) in [5, 5.41) is 0.214. The Labute approximate surface area is 95.2 Å². The molecule has 0 bridgehead atoms. The molecule has 0 heterocycles. The van der Waals surface area contributed by atoms with Crippen molar-refractivity contribution in [1.29, 1.82) is 0 Å². The van der Waals surface area contributed by atoms with E-state index in [1.807, 2.05) is 0 Å². The molecule has 0 atom stereocenters. The third kappa shape index (κ3) is 3.93. The second kappa shape index (κ2) is 4.23. The first kappa shape index (κ1) is 12.7. The van der Waals surface area contributed by atoms with Crippen LogP contribution in [-0.4, -0.2) is 13.1 Å². The summed E-state index contributed by atoms with van der Waals surface area (Å²) in [6, 6.07) is 5.62. The highest BCUT2D eigenvalue weighted by Gasteiger charge is 2.35. The zero-order valence-electron chi connectivity index (χ0n) is 7.61. The largest absolute Gasteiger partial charge is 0.573 e. The van der Waals surface area contributed by atoms with Crippen LogP contribution in [0.5, 0.6) is 5.75 Å². The van der Waals surface area contributed by atoms with Gasteiger partial charge in [0.05, 0.1) is 0 Å². The maximum absolute atomic E-state index is 12.0. The number of para-hydroxylation sites is 1. The van der Waals surface area contributed by atoms with E-state index in [1.54, 1.807) is 6.07 Å². The Hall–Kier alpha value is -0.393. The van der Waals surface area contributed by atoms with Crippen LogP contribution in [0, 0.1) is 0 Å². The molecule has 1 nitrogen and oxygen atoms in total. The van der Waals surface area contributed by atoms with Crippen molar-refractivity contribution in [2.45, 2.75) is 12.9 Å². The molecular weight excluding hydrogens is 268 g/mol. The van der Waals surface area contributed by atoms with Crippen LogP contribution in [0.25, 0.3) is 0 Å². The molecule has 0 fully saturated rings. The van der Waals surface area contributed by atoms with Gasteiger partial charge in [-0.3, -0.25) is 0 Å². The molecule has 0 radical (unpaired) electrons. The summed E-state index contributed by atoms with van der Waals surface area (Å²) in [5.74, 6) is -0.329. The highest BCUT2D eigenvalue weighted by molar-refractivity contribution is 7.50. The Morgan fingerprint density at radius 2 is 1.73 bits per heavy atom. The molecule has 0 N–H and O–H groups in total. The maximum Gasteiger partial charge on any atom is 0.573 e. The van der Waals surface area contributed by atoms with E-state index in [4.69, 9.17) is 22.2 Å². The predicted octanol–water partition coefficient (Wildman–Crippen LogP) is 3.34. The van der Waals surface area contributed by atoms with Crippen molar-refractivity contribution in [2.75, 3.05) is 0 Å². The lowest BCUT2D eigenvalue weighted by Gasteiger charge is -2.17. The van der Waals surface area contributed by atoms with Crippen LogP contribution in [-0.2, 0) is 0 Å². The Kier molecular flexibility index (Phi) is 3.58. The van der Waals surface area contributed by atoms with Gasteiger partial charge >= 0.3 is 6.36 Å². The van der Waals surface area contributed by atoms with E-state index in [0.717, 1.165) is 0 Å². The molecule has 0 aliphatic heterocycles. The monoisotopic (exact) mass is 274 g/mol. The molecule has 0 aliphatic carbocycles. The van der Waals surface area contributed by atoms with Gasteiger partial charge in [0.1, 0.15) is 5.75 Å².